The molecule has 144 valence electrons. The Bertz CT molecular complexity index is 824. The molecule has 8 nitrogen and oxygen atoms in total. The van der Waals surface area contributed by atoms with Gasteiger partial charge in [0.1, 0.15) is 5.82 Å². The molecule has 2 aliphatic heterocycles. The first-order valence-corrected chi connectivity index (χ1v) is 8.50. The number of cyclic esters (lactones) is 1. The monoisotopic (exact) mass is 376 g/mol. The second kappa shape index (κ2) is 7.26. The quantitative estimate of drug-likeness (QED) is 0.863. The molecule has 2 N–H and O–H groups in total. The van der Waals surface area contributed by atoms with Crippen LogP contribution in [-0.4, -0.2) is 67.7 Å². The van der Waals surface area contributed by atoms with Crippen LogP contribution in [0.15, 0.2) is 24.3 Å². The fourth-order valence-electron chi connectivity index (χ4n) is 3.12. The van der Waals surface area contributed by atoms with E-state index in [9.17, 15) is 18.8 Å². The highest BCUT2D eigenvalue weighted by atomic mass is 19.1. The van der Waals surface area contributed by atoms with E-state index in [4.69, 9.17) is 10.5 Å². The van der Waals surface area contributed by atoms with Gasteiger partial charge in [-0.25, -0.2) is 14.0 Å². The molecular formula is C18H21FN4O4. The molecule has 1 atom stereocenters. The van der Waals surface area contributed by atoms with Crippen molar-refractivity contribution in [3.05, 3.63) is 35.7 Å². The fraction of sp³-hybridized carbons (Fsp3) is 0.389. The van der Waals surface area contributed by atoms with Gasteiger partial charge >= 0.3 is 12.1 Å². The van der Waals surface area contributed by atoms with Crippen LogP contribution in [0.3, 0.4) is 0 Å². The van der Waals surface area contributed by atoms with E-state index in [-0.39, 0.29) is 12.6 Å². The van der Waals surface area contributed by atoms with Crippen molar-refractivity contribution in [2.75, 3.05) is 38.6 Å². The minimum atomic E-state index is -1.04. The summed E-state index contributed by atoms with van der Waals surface area (Å²) >= 11 is 0. The fourth-order valence-corrected chi connectivity index (χ4v) is 3.12. The number of amides is 4. The summed E-state index contributed by atoms with van der Waals surface area (Å²) < 4.78 is 19.5. The summed E-state index contributed by atoms with van der Waals surface area (Å²) in [7, 11) is 3.37. The number of halogens is 1. The normalized spacial score (nSPS) is 19.6. The Kier molecular flexibility index (Phi) is 5.02. The van der Waals surface area contributed by atoms with Gasteiger partial charge in [-0.05, 0) is 30.2 Å². The Morgan fingerprint density at radius 3 is 2.59 bits per heavy atom. The minimum absolute atomic E-state index is 0.0444. The summed E-state index contributed by atoms with van der Waals surface area (Å²) in [5.74, 6) is -1.23. The van der Waals surface area contributed by atoms with Crippen LogP contribution in [0.1, 0.15) is 12.0 Å². The molecule has 1 saturated heterocycles. The van der Waals surface area contributed by atoms with Crippen molar-refractivity contribution in [2.45, 2.75) is 12.5 Å². The lowest BCUT2D eigenvalue weighted by Crippen LogP contribution is -2.41. The van der Waals surface area contributed by atoms with E-state index in [1.807, 2.05) is 6.08 Å². The van der Waals surface area contributed by atoms with Crippen LogP contribution in [0, 0.1) is 5.82 Å². The summed E-state index contributed by atoms with van der Waals surface area (Å²) in [4.78, 5) is 39.4. The van der Waals surface area contributed by atoms with E-state index in [1.54, 1.807) is 31.1 Å². The summed E-state index contributed by atoms with van der Waals surface area (Å²) in [6.45, 7) is 0.867. The molecule has 0 bridgehead atoms. The van der Waals surface area contributed by atoms with Crippen LogP contribution in [0.2, 0.25) is 0 Å². The first kappa shape index (κ1) is 18.7. The van der Waals surface area contributed by atoms with Crippen LogP contribution in [0.4, 0.5) is 19.7 Å². The molecule has 0 unspecified atom stereocenters. The van der Waals surface area contributed by atoms with Crippen molar-refractivity contribution in [1.29, 1.82) is 0 Å². The first-order valence-electron chi connectivity index (χ1n) is 8.50. The predicted octanol–water partition coefficient (Wildman–Crippen LogP) is 1.41. The highest BCUT2D eigenvalue weighted by Gasteiger charge is 2.36. The van der Waals surface area contributed by atoms with E-state index in [1.165, 1.54) is 15.9 Å². The van der Waals surface area contributed by atoms with Crippen molar-refractivity contribution in [3.8, 4) is 0 Å². The second-order valence-electron chi connectivity index (χ2n) is 6.65. The third kappa shape index (κ3) is 3.71. The largest absolute Gasteiger partial charge is 0.434 e. The lowest BCUT2D eigenvalue weighted by Gasteiger charge is -2.29. The number of rotatable bonds is 3. The summed E-state index contributed by atoms with van der Waals surface area (Å²) in [6.07, 6.45) is 0.587. The van der Waals surface area contributed by atoms with Crippen LogP contribution >= 0.6 is 0 Å². The summed E-state index contributed by atoms with van der Waals surface area (Å²) in [5.41, 5.74) is 6.68. The maximum Gasteiger partial charge on any atom is 0.415 e. The van der Waals surface area contributed by atoms with Crippen LogP contribution in [0.25, 0.3) is 5.57 Å². The van der Waals surface area contributed by atoms with Crippen LogP contribution < -0.4 is 10.6 Å². The minimum Gasteiger partial charge on any atom is -0.434 e. The number of anilines is 1. The highest BCUT2D eigenvalue weighted by molar-refractivity contribution is 5.95. The molecule has 0 spiro atoms. The van der Waals surface area contributed by atoms with Crippen molar-refractivity contribution < 1.29 is 23.5 Å². The molecule has 2 heterocycles. The third-order valence-electron chi connectivity index (χ3n) is 4.60. The van der Waals surface area contributed by atoms with Gasteiger partial charge in [0.15, 0.2) is 6.10 Å². The molecule has 1 aromatic carbocycles. The second-order valence-corrected chi connectivity index (χ2v) is 6.65. The molecule has 0 aliphatic carbocycles. The molecule has 27 heavy (non-hydrogen) atoms. The number of nitrogens with two attached hydrogens (primary N) is 1. The number of primary amides is 1. The Hall–Kier alpha value is -3.10. The van der Waals surface area contributed by atoms with Gasteiger partial charge in [-0.1, -0.05) is 6.08 Å². The number of nitrogens with zero attached hydrogens (tertiary/aromatic N) is 3. The van der Waals surface area contributed by atoms with Gasteiger partial charge in [0.25, 0.3) is 5.91 Å². The SMILES string of the molecule is CN(C)C(=O)N1CC=C(c2ccc(N3C[C@H](C(N)=O)OC3=O)cc2F)CC1. The highest BCUT2D eigenvalue weighted by Crippen LogP contribution is 2.29. The molecular weight excluding hydrogens is 355 g/mol. The van der Waals surface area contributed by atoms with Gasteiger partial charge in [0.2, 0.25) is 0 Å². The molecule has 2 aliphatic rings. The molecule has 0 radical (unpaired) electrons. The average Bonchev–Trinajstić information content (AvgIpc) is 3.03. The van der Waals surface area contributed by atoms with Gasteiger partial charge < -0.3 is 20.3 Å². The smallest absolute Gasteiger partial charge is 0.415 e. The van der Waals surface area contributed by atoms with Crippen LogP contribution in [-0.2, 0) is 9.53 Å². The van der Waals surface area contributed by atoms with Crippen molar-refractivity contribution in [1.82, 2.24) is 9.80 Å². The predicted molar refractivity (Wildman–Crippen MR) is 96.5 cm³/mol. The van der Waals surface area contributed by atoms with E-state index in [2.05, 4.69) is 0 Å². The van der Waals surface area contributed by atoms with E-state index >= 15 is 0 Å². The number of hydrogen-bond donors (Lipinski definition) is 1. The van der Waals surface area contributed by atoms with Crippen LogP contribution in [0.5, 0.6) is 0 Å². The zero-order valence-corrected chi connectivity index (χ0v) is 15.1. The molecule has 4 amide bonds. The molecule has 9 heteroatoms. The molecule has 1 fully saturated rings. The number of carbonyl (C=O) groups is 3. The molecule has 3 rings (SSSR count). The van der Waals surface area contributed by atoms with Gasteiger partial charge in [-0.2, -0.15) is 0 Å². The van der Waals surface area contributed by atoms with E-state index in [0.717, 1.165) is 5.57 Å². The average molecular weight is 376 g/mol. The summed E-state index contributed by atoms with van der Waals surface area (Å²) in [5, 5.41) is 0. The van der Waals surface area contributed by atoms with Gasteiger partial charge in [0.05, 0.1) is 12.2 Å². The van der Waals surface area contributed by atoms with Crippen molar-refractivity contribution >= 4 is 29.3 Å². The maximum absolute atomic E-state index is 14.7. The third-order valence-corrected chi connectivity index (χ3v) is 4.60. The van der Waals surface area contributed by atoms with Crippen molar-refractivity contribution in [2.24, 2.45) is 5.73 Å². The van der Waals surface area contributed by atoms with Crippen molar-refractivity contribution in [3.63, 3.8) is 0 Å². The number of ether oxygens (including phenoxy) is 1. The molecule has 0 aromatic heterocycles. The van der Waals surface area contributed by atoms with Gasteiger partial charge in [-0.15, -0.1) is 0 Å². The summed E-state index contributed by atoms with van der Waals surface area (Å²) in [6, 6.07) is 4.34. The standard InChI is InChI=1S/C18H21FN4O4/c1-21(2)17(25)22-7-5-11(6-8-22)13-4-3-12(9-14(13)19)23-10-15(16(20)24)27-18(23)26/h3-5,9,15H,6-8,10H2,1-2H3,(H2,20,24)/t15-/m1/s1. The Morgan fingerprint density at radius 1 is 1.33 bits per heavy atom. The van der Waals surface area contributed by atoms with Gasteiger partial charge in [-0.3, -0.25) is 9.69 Å². The molecule has 1 aromatic rings. The Balaban J connectivity index is 1.75. The first-order chi connectivity index (χ1) is 12.8. The maximum atomic E-state index is 14.7. The van der Waals surface area contributed by atoms with Gasteiger partial charge in [0, 0.05) is 32.7 Å². The number of urea groups is 1. The topological polar surface area (TPSA) is 96.2 Å². The zero-order valence-electron chi connectivity index (χ0n) is 15.1. The molecule has 0 saturated carbocycles. The Morgan fingerprint density at radius 2 is 2.07 bits per heavy atom. The van der Waals surface area contributed by atoms with E-state index in [0.29, 0.717) is 30.8 Å². The number of carbonyl (C=O) groups excluding carboxylic acids is 3. The van der Waals surface area contributed by atoms with E-state index < -0.39 is 23.9 Å². The lowest BCUT2D eigenvalue weighted by molar-refractivity contribution is -0.124. The lowest BCUT2D eigenvalue weighted by atomic mass is 9.98. The zero-order chi connectivity index (χ0) is 19.7. The number of benzene rings is 1. The number of hydrogen-bond acceptors (Lipinski definition) is 4. The Labute approximate surface area is 155 Å².